The molecule has 0 aliphatic carbocycles. The number of ether oxygens (including phenoxy) is 1. The number of hydrogen-bond acceptors (Lipinski definition) is 4. The van der Waals surface area contributed by atoms with Crippen LogP contribution in [0.5, 0.6) is 0 Å². The van der Waals surface area contributed by atoms with Crippen LogP contribution < -0.4 is 5.32 Å². The highest BCUT2D eigenvalue weighted by Crippen LogP contribution is 2.38. The van der Waals surface area contributed by atoms with Crippen LogP contribution in [0.25, 0.3) is 0 Å². The van der Waals surface area contributed by atoms with Crippen LogP contribution in [0.4, 0.5) is 0 Å². The molecule has 2 aliphatic rings. The highest BCUT2D eigenvalue weighted by Gasteiger charge is 2.51. The lowest BCUT2D eigenvalue weighted by atomic mass is 9.86. The van der Waals surface area contributed by atoms with Crippen molar-refractivity contribution in [3.63, 3.8) is 0 Å². The van der Waals surface area contributed by atoms with Gasteiger partial charge in [-0.1, -0.05) is 12.2 Å². The largest absolute Gasteiger partial charge is 0.480 e. The zero-order chi connectivity index (χ0) is 16.3. The van der Waals surface area contributed by atoms with E-state index in [0.29, 0.717) is 19.6 Å². The van der Waals surface area contributed by atoms with E-state index >= 15 is 0 Å². The Kier molecular flexibility index (Phi) is 5.58. The Balaban J connectivity index is 2.30. The maximum Gasteiger partial charge on any atom is 0.320 e. The van der Waals surface area contributed by atoms with E-state index in [1.807, 2.05) is 24.8 Å². The predicted molar refractivity (Wildman–Crippen MR) is 82.5 cm³/mol. The maximum atomic E-state index is 11.6. The van der Waals surface area contributed by atoms with E-state index in [1.54, 1.807) is 0 Å². The first-order valence-electron chi connectivity index (χ1n) is 7.99. The van der Waals surface area contributed by atoms with E-state index in [0.717, 1.165) is 6.42 Å². The summed E-state index contributed by atoms with van der Waals surface area (Å²) in [6.07, 6.45) is 5.28. The molecule has 6 nitrogen and oxygen atoms in total. The van der Waals surface area contributed by atoms with Gasteiger partial charge in [-0.25, -0.2) is 0 Å². The Hall–Kier alpha value is -1.40. The van der Waals surface area contributed by atoms with Crippen molar-refractivity contribution in [2.45, 2.75) is 57.8 Å². The van der Waals surface area contributed by atoms with Crippen LogP contribution in [-0.2, 0) is 14.3 Å². The zero-order valence-electron chi connectivity index (χ0n) is 13.5. The number of nitrogens with zero attached hydrogens (tertiary/aromatic N) is 1. The van der Waals surface area contributed by atoms with Crippen molar-refractivity contribution in [2.75, 3.05) is 13.2 Å². The molecule has 2 N–H and O–H groups in total. The molecule has 2 saturated heterocycles. The molecule has 0 radical (unpaired) electrons. The van der Waals surface area contributed by atoms with Gasteiger partial charge < -0.3 is 15.2 Å². The van der Waals surface area contributed by atoms with Crippen molar-refractivity contribution in [1.29, 1.82) is 0 Å². The van der Waals surface area contributed by atoms with Gasteiger partial charge in [0.1, 0.15) is 6.04 Å². The molecule has 0 aromatic rings. The van der Waals surface area contributed by atoms with Crippen molar-refractivity contribution < 1.29 is 19.4 Å². The van der Waals surface area contributed by atoms with Crippen molar-refractivity contribution in [3.05, 3.63) is 12.2 Å². The summed E-state index contributed by atoms with van der Waals surface area (Å²) in [7, 11) is 0. The molecule has 2 aliphatic heterocycles. The third-order valence-corrected chi connectivity index (χ3v) is 4.63. The lowest BCUT2D eigenvalue weighted by Gasteiger charge is -2.44. The van der Waals surface area contributed by atoms with Gasteiger partial charge in [-0.2, -0.15) is 0 Å². The Labute approximate surface area is 131 Å². The summed E-state index contributed by atoms with van der Waals surface area (Å²) in [4.78, 5) is 25.2. The molecule has 2 rings (SSSR count). The predicted octanol–water partition coefficient (Wildman–Crippen LogP) is 1.02. The first kappa shape index (κ1) is 17.0. The first-order chi connectivity index (χ1) is 10.5. The van der Waals surface area contributed by atoms with E-state index in [2.05, 4.69) is 11.4 Å². The van der Waals surface area contributed by atoms with Gasteiger partial charge >= 0.3 is 5.97 Å². The molecule has 0 bridgehead atoms. The summed E-state index contributed by atoms with van der Waals surface area (Å²) < 4.78 is 5.81. The first-order valence-corrected chi connectivity index (χ1v) is 7.99. The van der Waals surface area contributed by atoms with E-state index in [1.165, 1.54) is 6.92 Å². The van der Waals surface area contributed by atoms with Gasteiger partial charge in [-0.05, 0) is 32.6 Å². The van der Waals surface area contributed by atoms with E-state index in [9.17, 15) is 14.7 Å². The smallest absolute Gasteiger partial charge is 0.320 e. The third-order valence-electron chi connectivity index (χ3n) is 4.63. The fourth-order valence-corrected chi connectivity index (χ4v) is 3.94. The summed E-state index contributed by atoms with van der Waals surface area (Å²) in [6, 6.07) is -0.673. The van der Waals surface area contributed by atoms with Crippen LogP contribution >= 0.6 is 0 Å². The average Bonchev–Trinajstić information content (AvgIpc) is 2.81. The Bertz CT molecular complexity index is 451. The molecular weight excluding hydrogens is 284 g/mol. The number of rotatable bonds is 5. The van der Waals surface area contributed by atoms with E-state index in [-0.39, 0.29) is 30.0 Å². The molecule has 5 atom stereocenters. The highest BCUT2D eigenvalue weighted by atomic mass is 16.5. The van der Waals surface area contributed by atoms with Crippen molar-refractivity contribution in [1.82, 2.24) is 10.2 Å². The number of carboxylic acids is 1. The average molecular weight is 310 g/mol. The van der Waals surface area contributed by atoms with Gasteiger partial charge in [0.15, 0.2) is 0 Å². The number of fused-ring (bicyclic) bond motifs is 1. The number of allylic oxidation sites excluding steroid dienone is 1. The van der Waals surface area contributed by atoms with Crippen LogP contribution in [0.1, 0.15) is 33.6 Å². The Morgan fingerprint density at radius 3 is 2.73 bits per heavy atom. The summed E-state index contributed by atoms with van der Waals surface area (Å²) in [6.45, 7) is 6.65. The van der Waals surface area contributed by atoms with Gasteiger partial charge in [-0.3, -0.25) is 14.5 Å². The number of carbonyl (C=O) groups excluding carboxylic acids is 1. The van der Waals surface area contributed by atoms with Crippen LogP contribution in [-0.4, -0.2) is 59.3 Å². The lowest BCUT2D eigenvalue weighted by Crippen LogP contribution is -2.62. The Morgan fingerprint density at radius 2 is 2.18 bits per heavy atom. The molecule has 6 heteroatoms. The minimum atomic E-state index is -0.784. The van der Waals surface area contributed by atoms with Crippen molar-refractivity contribution in [2.24, 2.45) is 5.92 Å². The van der Waals surface area contributed by atoms with Crippen LogP contribution in [0.2, 0.25) is 0 Å². The second kappa shape index (κ2) is 7.24. The fourth-order valence-electron chi connectivity index (χ4n) is 3.94. The monoisotopic (exact) mass is 310 g/mol. The van der Waals surface area contributed by atoms with Crippen LogP contribution in [0.3, 0.4) is 0 Å². The van der Waals surface area contributed by atoms with Gasteiger partial charge in [0.05, 0.1) is 12.1 Å². The third kappa shape index (κ3) is 3.33. The molecule has 0 aromatic heterocycles. The quantitative estimate of drug-likeness (QED) is 0.741. The summed E-state index contributed by atoms with van der Waals surface area (Å²) in [5.41, 5.74) is 0. The SMILES string of the molecule is C/C=C\[C@@H]1C[C@H](C(=O)O)N2CC[C@@H](OCC)[C@H](NC(C)=O)[C@@H]12. The van der Waals surface area contributed by atoms with Crippen molar-refractivity contribution >= 4 is 11.9 Å². The van der Waals surface area contributed by atoms with Gasteiger partial charge in [0.2, 0.25) is 5.91 Å². The zero-order valence-corrected chi connectivity index (χ0v) is 13.5. The topological polar surface area (TPSA) is 78.9 Å². The summed E-state index contributed by atoms with van der Waals surface area (Å²) >= 11 is 0. The number of hydrogen-bond donors (Lipinski definition) is 2. The second-order valence-electron chi connectivity index (χ2n) is 6.02. The summed E-state index contributed by atoms with van der Waals surface area (Å²) in [5, 5.41) is 12.5. The molecule has 0 spiro atoms. The molecule has 0 aromatic carbocycles. The van der Waals surface area contributed by atoms with Crippen LogP contribution in [0.15, 0.2) is 12.2 Å². The standard InChI is InChI=1S/C16H26N2O4/c1-4-6-11-9-12(16(20)21)18-8-7-13(22-5-2)14(15(11)18)17-10(3)19/h4,6,11-15H,5,7-9H2,1-3H3,(H,17,19)(H,20,21)/b6-4-/t11-,12-,13-,14+,15-/m1/s1. The second-order valence-corrected chi connectivity index (χ2v) is 6.02. The van der Waals surface area contributed by atoms with Crippen molar-refractivity contribution in [3.8, 4) is 0 Å². The highest BCUT2D eigenvalue weighted by molar-refractivity contribution is 5.75. The number of piperidine rings is 1. The molecule has 124 valence electrons. The minimum absolute atomic E-state index is 0.0218. The molecular formula is C16H26N2O4. The molecule has 0 unspecified atom stereocenters. The normalized spacial score (nSPS) is 35.5. The van der Waals surface area contributed by atoms with Gasteiger partial charge in [-0.15, -0.1) is 0 Å². The molecule has 22 heavy (non-hydrogen) atoms. The number of nitrogens with one attached hydrogen (secondary N) is 1. The number of aliphatic carboxylic acids is 1. The van der Waals surface area contributed by atoms with Crippen LogP contribution in [0, 0.1) is 5.92 Å². The lowest BCUT2D eigenvalue weighted by molar-refractivity contribution is -0.144. The minimum Gasteiger partial charge on any atom is -0.480 e. The van der Waals surface area contributed by atoms with E-state index in [4.69, 9.17) is 4.74 Å². The number of carboxylic acid groups (broad SMARTS) is 1. The fraction of sp³-hybridized carbons (Fsp3) is 0.750. The number of amides is 1. The molecule has 2 heterocycles. The molecule has 2 fully saturated rings. The maximum absolute atomic E-state index is 11.6. The summed E-state index contributed by atoms with van der Waals surface area (Å²) in [5.74, 6) is -0.769. The number of carbonyl (C=O) groups is 2. The van der Waals surface area contributed by atoms with Gasteiger partial charge in [0.25, 0.3) is 0 Å². The Morgan fingerprint density at radius 1 is 1.45 bits per heavy atom. The van der Waals surface area contributed by atoms with Gasteiger partial charge in [0, 0.05) is 26.1 Å². The molecule has 0 saturated carbocycles. The molecule has 1 amide bonds. The van der Waals surface area contributed by atoms with E-state index < -0.39 is 12.0 Å².